The minimum Gasteiger partial charge on any atom is -0.374 e. The van der Waals surface area contributed by atoms with Crippen LogP contribution in [0.5, 0.6) is 0 Å². The van der Waals surface area contributed by atoms with E-state index in [0.717, 1.165) is 4.88 Å². The maximum absolute atomic E-state index is 12.2. The zero-order valence-corrected chi connectivity index (χ0v) is 14.0. The number of methoxy groups -OCH3 is 1. The first-order valence-corrected chi connectivity index (χ1v) is 8.63. The van der Waals surface area contributed by atoms with Crippen molar-refractivity contribution >= 4 is 40.6 Å². The number of hydrogen-bond acceptors (Lipinski definition) is 5. The second-order valence-corrected chi connectivity index (χ2v) is 6.68. The molecule has 2 aromatic heterocycles. The van der Waals surface area contributed by atoms with E-state index in [1.165, 1.54) is 23.1 Å². The van der Waals surface area contributed by atoms with Crippen molar-refractivity contribution in [1.29, 1.82) is 0 Å². The third kappa shape index (κ3) is 4.20. The second-order valence-electron chi connectivity index (χ2n) is 4.14. The summed E-state index contributed by atoms with van der Waals surface area (Å²) in [6.07, 6.45) is 3.36. The number of carbonyl (C=O) groups excluding carboxylic acids is 1. The fourth-order valence-corrected chi connectivity index (χ4v) is 3.49. The first-order valence-electron chi connectivity index (χ1n) is 6.21. The number of thiophene rings is 1. The van der Waals surface area contributed by atoms with Crippen LogP contribution in [0.15, 0.2) is 35.5 Å². The van der Waals surface area contributed by atoms with Crippen molar-refractivity contribution in [2.45, 2.75) is 11.1 Å². The maximum Gasteiger partial charge on any atom is 0.254 e. The van der Waals surface area contributed by atoms with Gasteiger partial charge in [-0.15, -0.1) is 23.1 Å². The highest BCUT2D eigenvalue weighted by Gasteiger charge is 2.16. The summed E-state index contributed by atoms with van der Waals surface area (Å²) in [4.78, 5) is 17.4. The predicted molar refractivity (Wildman–Crippen MR) is 87.4 cm³/mol. The van der Waals surface area contributed by atoms with Crippen LogP contribution < -0.4 is 5.32 Å². The summed E-state index contributed by atoms with van der Waals surface area (Å²) in [5.74, 6) is -0.155. The molecule has 1 amide bonds. The Kier molecular flexibility index (Phi) is 6.05. The van der Waals surface area contributed by atoms with Crippen LogP contribution in [0.3, 0.4) is 0 Å². The van der Waals surface area contributed by atoms with Gasteiger partial charge in [-0.2, -0.15) is 0 Å². The molecule has 0 bridgehead atoms. The highest BCUT2D eigenvalue weighted by Crippen LogP contribution is 2.28. The smallest absolute Gasteiger partial charge is 0.254 e. The molecule has 2 aromatic rings. The van der Waals surface area contributed by atoms with E-state index in [2.05, 4.69) is 10.3 Å². The van der Waals surface area contributed by atoms with Crippen molar-refractivity contribution in [2.75, 3.05) is 19.9 Å². The topological polar surface area (TPSA) is 51.2 Å². The number of amides is 1. The number of thioether (sulfide) groups is 1. The SMILES string of the molecule is COC(CNC(=O)c1cccnc1SC)c1ccc(Cl)s1. The Morgan fingerprint density at radius 2 is 2.33 bits per heavy atom. The van der Waals surface area contributed by atoms with Gasteiger partial charge < -0.3 is 10.1 Å². The lowest BCUT2D eigenvalue weighted by Crippen LogP contribution is -2.29. The standard InChI is InChI=1S/C14H15ClN2O2S2/c1-19-10(11-5-6-12(15)21-11)8-17-13(18)9-4-3-7-16-14(9)20-2/h3-7,10H,8H2,1-2H3,(H,17,18). The maximum atomic E-state index is 12.2. The van der Waals surface area contributed by atoms with Crippen LogP contribution in [-0.2, 0) is 4.74 Å². The molecule has 1 unspecified atom stereocenters. The number of aromatic nitrogens is 1. The number of halogens is 1. The third-order valence-electron chi connectivity index (χ3n) is 2.85. The number of nitrogens with zero attached hydrogens (tertiary/aromatic N) is 1. The van der Waals surface area contributed by atoms with Crippen molar-refractivity contribution in [2.24, 2.45) is 0 Å². The van der Waals surface area contributed by atoms with Crippen molar-refractivity contribution in [3.8, 4) is 0 Å². The van der Waals surface area contributed by atoms with Crippen LogP contribution in [0.25, 0.3) is 0 Å². The molecule has 0 spiro atoms. The van der Waals surface area contributed by atoms with E-state index < -0.39 is 0 Å². The van der Waals surface area contributed by atoms with E-state index in [1.54, 1.807) is 25.4 Å². The Hall–Kier alpha value is -1.08. The van der Waals surface area contributed by atoms with Gasteiger partial charge in [0.1, 0.15) is 11.1 Å². The van der Waals surface area contributed by atoms with Gasteiger partial charge in [-0.1, -0.05) is 11.6 Å². The van der Waals surface area contributed by atoms with Gasteiger partial charge in [0.2, 0.25) is 0 Å². The van der Waals surface area contributed by atoms with Gasteiger partial charge in [0, 0.05) is 24.7 Å². The van der Waals surface area contributed by atoms with Gasteiger partial charge in [-0.3, -0.25) is 4.79 Å². The largest absolute Gasteiger partial charge is 0.374 e. The summed E-state index contributed by atoms with van der Waals surface area (Å²) in [6.45, 7) is 0.384. The van der Waals surface area contributed by atoms with Crippen molar-refractivity contribution < 1.29 is 9.53 Å². The number of rotatable bonds is 6. The number of carbonyl (C=O) groups is 1. The molecule has 2 rings (SSSR count). The molecule has 0 aliphatic rings. The Morgan fingerprint density at radius 3 is 2.95 bits per heavy atom. The Labute approximate surface area is 136 Å². The van der Waals surface area contributed by atoms with Gasteiger partial charge in [-0.05, 0) is 30.5 Å². The van der Waals surface area contributed by atoms with E-state index >= 15 is 0 Å². The van der Waals surface area contributed by atoms with E-state index in [1.807, 2.05) is 18.4 Å². The lowest BCUT2D eigenvalue weighted by atomic mass is 10.2. The quantitative estimate of drug-likeness (QED) is 0.814. The summed E-state index contributed by atoms with van der Waals surface area (Å²) in [6, 6.07) is 7.24. The van der Waals surface area contributed by atoms with Crippen LogP contribution >= 0.6 is 34.7 Å². The lowest BCUT2D eigenvalue weighted by Gasteiger charge is -2.15. The zero-order valence-electron chi connectivity index (χ0n) is 11.6. The van der Waals surface area contributed by atoms with Crippen LogP contribution in [0.1, 0.15) is 21.3 Å². The average molecular weight is 343 g/mol. The number of ether oxygens (including phenoxy) is 1. The van der Waals surface area contributed by atoms with Crippen molar-refractivity contribution in [3.05, 3.63) is 45.2 Å². The Morgan fingerprint density at radius 1 is 1.52 bits per heavy atom. The first-order chi connectivity index (χ1) is 10.2. The Bertz CT molecular complexity index is 619. The van der Waals surface area contributed by atoms with E-state index in [0.29, 0.717) is 21.5 Å². The first kappa shape index (κ1) is 16.3. The third-order valence-corrected chi connectivity index (χ3v) is 4.89. The zero-order chi connectivity index (χ0) is 15.2. The molecule has 0 aliphatic carbocycles. The van der Waals surface area contributed by atoms with Gasteiger partial charge in [0.25, 0.3) is 5.91 Å². The van der Waals surface area contributed by atoms with Gasteiger partial charge in [0.05, 0.1) is 9.90 Å². The molecule has 0 radical (unpaired) electrons. The second kappa shape index (κ2) is 7.79. The highest BCUT2D eigenvalue weighted by atomic mass is 35.5. The molecule has 1 atom stereocenters. The van der Waals surface area contributed by atoms with Gasteiger partial charge in [0.15, 0.2) is 0 Å². The van der Waals surface area contributed by atoms with Crippen LogP contribution in [0, 0.1) is 0 Å². The summed E-state index contributed by atoms with van der Waals surface area (Å²) < 4.78 is 6.11. The molecule has 21 heavy (non-hydrogen) atoms. The van der Waals surface area contributed by atoms with Gasteiger partial charge >= 0.3 is 0 Å². The molecule has 0 aliphatic heterocycles. The average Bonchev–Trinajstić information content (AvgIpc) is 2.94. The lowest BCUT2D eigenvalue weighted by molar-refractivity contribution is 0.0835. The van der Waals surface area contributed by atoms with Crippen LogP contribution in [-0.4, -0.2) is 30.8 Å². The molecule has 4 nitrogen and oxygen atoms in total. The fourth-order valence-electron chi connectivity index (χ4n) is 1.81. The molecule has 0 aromatic carbocycles. The summed E-state index contributed by atoms with van der Waals surface area (Å²) >= 11 is 8.82. The summed E-state index contributed by atoms with van der Waals surface area (Å²) in [5, 5.41) is 3.59. The Balaban J connectivity index is 2.02. The number of pyridine rings is 1. The fraction of sp³-hybridized carbons (Fsp3) is 0.286. The normalized spacial score (nSPS) is 12.1. The molecular formula is C14H15ClN2O2S2. The molecule has 2 heterocycles. The summed E-state index contributed by atoms with van der Waals surface area (Å²) in [7, 11) is 1.61. The number of hydrogen-bond donors (Lipinski definition) is 1. The van der Waals surface area contributed by atoms with Gasteiger partial charge in [-0.25, -0.2) is 4.98 Å². The molecule has 0 saturated carbocycles. The molecule has 112 valence electrons. The predicted octanol–water partition coefficient (Wildman–Crippen LogP) is 3.64. The van der Waals surface area contributed by atoms with E-state index in [-0.39, 0.29) is 12.0 Å². The minimum atomic E-state index is -0.208. The molecule has 1 N–H and O–H groups in total. The van der Waals surface area contributed by atoms with E-state index in [9.17, 15) is 4.79 Å². The van der Waals surface area contributed by atoms with E-state index in [4.69, 9.17) is 16.3 Å². The van der Waals surface area contributed by atoms with Crippen LogP contribution in [0.4, 0.5) is 0 Å². The molecule has 0 saturated heterocycles. The minimum absolute atomic E-state index is 0.155. The van der Waals surface area contributed by atoms with Crippen LogP contribution in [0.2, 0.25) is 4.34 Å². The molecular weight excluding hydrogens is 328 g/mol. The highest BCUT2D eigenvalue weighted by molar-refractivity contribution is 7.98. The summed E-state index contributed by atoms with van der Waals surface area (Å²) in [5.41, 5.74) is 0.573. The van der Waals surface area contributed by atoms with Crippen molar-refractivity contribution in [3.63, 3.8) is 0 Å². The monoisotopic (exact) mass is 342 g/mol. The number of nitrogens with one attached hydrogen (secondary N) is 1. The molecule has 0 fully saturated rings. The molecule has 7 heteroatoms. The van der Waals surface area contributed by atoms with Crippen molar-refractivity contribution in [1.82, 2.24) is 10.3 Å².